The number of amides is 1. The van der Waals surface area contributed by atoms with Crippen molar-refractivity contribution in [3.63, 3.8) is 0 Å². The second kappa shape index (κ2) is 7.79. The largest absolute Gasteiger partial charge is 0.335 e. The van der Waals surface area contributed by atoms with Crippen molar-refractivity contribution >= 4 is 5.91 Å². The number of aromatic nitrogens is 1. The van der Waals surface area contributed by atoms with Crippen LogP contribution in [0.3, 0.4) is 0 Å². The minimum Gasteiger partial charge on any atom is -0.335 e. The lowest BCUT2D eigenvalue weighted by Crippen LogP contribution is -2.32. The van der Waals surface area contributed by atoms with Gasteiger partial charge in [-0.3, -0.25) is 9.78 Å². The number of hydrogen-bond donors (Lipinski definition) is 0. The first kappa shape index (κ1) is 17.6. The van der Waals surface area contributed by atoms with Crippen molar-refractivity contribution in [1.82, 2.24) is 14.8 Å². The average Bonchev–Trinajstić information content (AvgIpc) is 3.06. The zero-order chi connectivity index (χ0) is 17.8. The van der Waals surface area contributed by atoms with Crippen molar-refractivity contribution in [3.8, 4) is 0 Å². The molecule has 4 nitrogen and oxygen atoms in total. The van der Waals surface area contributed by atoms with Gasteiger partial charge in [-0.2, -0.15) is 0 Å². The van der Waals surface area contributed by atoms with Crippen LogP contribution in [0.25, 0.3) is 0 Å². The third kappa shape index (κ3) is 4.26. The zero-order valence-corrected chi connectivity index (χ0v) is 15.4. The van der Waals surface area contributed by atoms with Gasteiger partial charge in [-0.15, -0.1) is 0 Å². The van der Waals surface area contributed by atoms with Gasteiger partial charge in [0, 0.05) is 19.3 Å². The number of rotatable bonds is 5. The summed E-state index contributed by atoms with van der Waals surface area (Å²) in [5.41, 5.74) is 4.58. The minimum atomic E-state index is 0.181. The molecular formula is C21H27N3O. The van der Waals surface area contributed by atoms with Crippen molar-refractivity contribution in [2.75, 3.05) is 20.6 Å². The first-order chi connectivity index (χ1) is 12.0. The van der Waals surface area contributed by atoms with Gasteiger partial charge in [-0.1, -0.05) is 24.3 Å². The van der Waals surface area contributed by atoms with Crippen molar-refractivity contribution in [1.29, 1.82) is 0 Å². The van der Waals surface area contributed by atoms with Gasteiger partial charge >= 0.3 is 0 Å². The average molecular weight is 337 g/mol. The topological polar surface area (TPSA) is 36.4 Å². The molecule has 1 aliphatic heterocycles. The van der Waals surface area contributed by atoms with Gasteiger partial charge < -0.3 is 9.80 Å². The fourth-order valence-corrected chi connectivity index (χ4v) is 3.60. The summed E-state index contributed by atoms with van der Waals surface area (Å²) in [6.45, 7) is 3.74. The van der Waals surface area contributed by atoms with Crippen LogP contribution in [0.15, 0.2) is 42.6 Å². The summed E-state index contributed by atoms with van der Waals surface area (Å²) >= 11 is 0. The normalized spacial score (nSPS) is 17.3. The molecule has 1 fully saturated rings. The maximum Gasteiger partial charge on any atom is 0.227 e. The van der Waals surface area contributed by atoms with E-state index >= 15 is 0 Å². The molecule has 1 saturated heterocycles. The molecule has 0 bridgehead atoms. The van der Waals surface area contributed by atoms with Crippen LogP contribution in [0.4, 0.5) is 0 Å². The Hall–Kier alpha value is -2.20. The maximum atomic E-state index is 12.9. The van der Waals surface area contributed by atoms with E-state index in [9.17, 15) is 4.79 Å². The SMILES string of the molecule is Cc1ccccc1CC(=O)N1CCC[C@H]1c1ccnc(CN(C)C)c1. The fourth-order valence-electron chi connectivity index (χ4n) is 3.60. The highest BCUT2D eigenvalue weighted by Crippen LogP contribution is 2.32. The molecule has 0 radical (unpaired) electrons. The number of likely N-dealkylation sites (tertiary alicyclic amines) is 1. The summed E-state index contributed by atoms with van der Waals surface area (Å²) in [7, 11) is 4.09. The van der Waals surface area contributed by atoms with Crippen LogP contribution in [0, 0.1) is 6.92 Å². The molecule has 0 unspecified atom stereocenters. The Bertz CT molecular complexity index is 741. The molecule has 1 aromatic heterocycles. The number of benzene rings is 1. The Kier molecular flexibility index (Phi) is 5.49. The van der Waals surface area contributed by atoms with Crippen molar-refractivity contribution in [2.45, 2.75) is 38.8 Å². The summed E-state index contributed by atoms with van der Waals surface area (Å²) in [4.78, 5) is 21.5. The van der Waals surface area contributed by atoms with Crippen LogP contribution in [-0.2, 0) is 17.8 Å². The summed E-state index contributed by atoms with van der Waals surface area (Å²) in [6.07, 6.45) is 4.45. The van der Waals surface area contributed by atoms with Gasteiger partial charge in [-0.25, -0.2) is 0 Å². The molecular weight excluding hydrogens is 310 g/mol. The number of pyridine rings is 1. The second-order valence-corrected chi connectivity index (χ2v) is 7.17. The number of carbonyl (C=O) groups excluding carboxylic acids is 1. The smallest absolute Gasteiger partial charge is 0.227 e. The monoisotopic (exact) mass is 337 g/mol. The zero-order valence-electron chi connectivity index (χ0n) is 15.4. The lowest BCUT2D eigenvalue weighted by molar-refractivity contribution is -0.131. The van der Waals surface area contributed by atoms with Gasteiger partial charge in [0.15, 0.2) is 0 Å². The first-order valence-corrected chi connectivity index (χ1v) is 8.98. The van der Waals surface area contributed by atoms with Crippen molar-refractivity contribution < 1.29 is 4.79 Å². The molecule has 2 aromatic rings. The van der Waals surface area contributed by atoms with E-state index in [1.54, 1.807) is 0 Å². The predicted molar refractivity (Wildman–Crippen MR) is 100 cm³/mol. The highest BCUT2D eigenvalue weighted by Gasteiger charge is 2.30. The Morgan fingerprint density at radius 2 is 2.08 bits per heavy atom. The Balaban J connectivity index is 1.76. The van der Waals surface area contributed by atoms with Crippen LogP contribution in [0.2, 0.25) is 0 Å². The number of nitrogens with zero attached hydrogens (tertiary/aromatic N) is 3. The standard InChI is InChI=1S/C21H27N3O/c1-16-7-4-5-8-17(16)14-21(25)24-12-6-9-20(24)18-10-11-22-19(13-18)15-23(2)3/h4-5,7-8,10-11,13,20H,6,9,12,14-15H2,1-3H3/t20-/m0/s1. The maximum absolute atomic E-state index is 12.9. The van der Waals surface area contributed by atoms with E-state index in [2.05, 4.69) is 46.0 Å². The van der Waals surface area contributed by atoms with Crippen LogP contribution >= 0.6 is 0 Å². The second-order valence-electron chi connectivity index (χ2n) is 7.17. The molecule has 1 amide bonds. The fraction of sp³-hybridized carbons (Fsp3) is 0.429. The number of carbonyl (C=O) groups is 1. The lowest BCUT2D eigenvalue weighted by Gasteiger charge is -2.26. The van der Waals surface area contributed by atoms with E-state index in [0.29, 0.717) is 6.42 Å². The highest BCUT2D eigenvalue weighted by atomic mass is 16.2. The summed E-state index contributed by atoms with van der Waals surface area (Å²) in [5, 5.41) is 0. The number of aryl methyl sites for hydroxylation is 1. The van der Waals surface area contributed by atoms with Crippen molar-refractivity contribution in [2.24, 2.45) is 0 Å². The van der Waals surface area contributed by atoms with E-state index in [-0.39, 0.29) is 11.9 Å². The van der Waals surface area contributed by atoms with Gasteiger partial charge in [-0.05, 0) is 62.7 Å². The molecule has 1 aliphatic rings. The molecule has 0 aliphatic carbocycles. The number of hydrogen-bond acceptors (Lipinski definition) is 3. The Labute approximate surface area is 150 Å². The molecule has 0 saturated carbocycles. The molecule has 132 valence electrons. The van der Waals surface area contributed by atoms with Crippen LogP contribution in [0.5, 0.6) is 0 Å². The third-order valence-corrected chi connectivity index (χ3v) is 4.88. The summed E-state index contributed by atoms with van der Waals surface area (Å²) < 4.78 is 0. The Morgan fingerprint density at radius 3 is 2.84 bits per heavy atom. The lowest BCUT2D eigenvalue weighted by atomic mass is 10.0. The Morgan fingerprint density at radius 1 is 1.28 bits per heavy atom. The van der Waals surface area contributed by atoms with Gasteiger partial charge in [0.05, 0.1) is 18.2 Å². The molecule has 3 rings (SSSR count). The molecule has 1 aromatic carbocycles. The third-order valence-electron chi connectivity index (χ3n) is 4.88. The summed E-state index contributed by atoms with van der Waals surface area (Å²) in [6, 6.07) is 12.5. The molecule has 1 atom stereocenters. The quantitative estimate of drug-likeness (QED) is 0.839. The van der Waals surface area contributed by atoms with E-state index in [4.69, 9.17) is 0 Å². The van der Waals surface area contributed by atoms with E-state index in [0.717, 1.165) is 37.2 Å². The van der Waals surface area contributed by atoms with Crippen LogP contribution in [-0.4, -0.2) is 41.3 Å². The highest BCUT2D eigenvalue weighted by molar-refractivity contribution is 5.80. The molecule has 0 N–H and O–H groups in total. The van der Waals surface area contributed by atoms with Crippen molar-refractivity contribution in [3.05, 3.63) is 65.0 Å². The molecule has 0 spiro atoms. The van der Waals surface area contributed by atoms with Gasteiger partial charge in [0.2, 0.25) is 5.91 Å². The van der Waals surface area contributed by atoms with E-state index in [1.807, 2.05) is 32.4 Å². The van der Waals surface area contributed by atoms with Gasteiger partial charge in [0.1, 0.15) is 0 Å². The van der Waals surface area contributed by atoms with E-state index in [1.165, 1.54) is 11.1 Å². The predicted octanol–water partition coefficient (Wildman–Crippen LogP) is 3.36. The first-order valence-electron chi connectivity index (χ1n) is 8.98. The van der Waals surface area contributed by atoms with E-state index < -0.39 is 0 Å². The minimum absolute atomic E-state index is 0.181. The molecule has 2 heterocycles. The molecule has 25 heavy (non-hydrogen) atoms. The van der Waals surface area contributed by atoms with Crippen LogP contribution < -0.4 is 0 Å². The summed E-state index contributed by atoms with van der Waals surface area (Å²) in [5.74, 6) is 0.225. The molecule has 4 heteroatoms. The van der Waals surface area contributed by atoms with Crippen LogP contribution in [0.1, 0.15) is 41.3 Å². The van der Waals surface area contributed by atoms with Gasteiger partial charge in [0.25, 0.3) is 0 Å².